The minimum atomic E-state index is -0.616. The maximum absolute atomic E-state index is 13.5. The Bertz CT molecular complexity index is 1050. The summed E-state index contributed by atoms with van der Waals surface area (Å²) in [5.74, 6) is -0.271. The molecule has 32 heavy (non-hydrogen) atoms. The van der Waals surface area contributed by atoms with Crippen LogP contribution in [0.1, 0.15) is 11.1 Å². The number of hydrazine groups is 1. The maximum atomic E-state index is 13.5. The van der Waals surface area contributed by atoms with E-state index in [4.69, 9.17) is 0 Å². The van der Waals surface area contributed by atoms with E-state index >= 15 is 0 Å². The summed E-state index contributed by atoms with van der Waals surface area (Å²) in [4.78, 5) is 28.1. The summed E-state index contributed by atoms with van der Waals surface area (Å²) in [6, 6.07) is 23.1. The first-order chi connectivity index (χ1) is 15.4. The SMILES string of the molecule is CN[C@H](Cc1ccc2ccccc2c1)C(=O)N(C)[C@H](Cc1ccccc1)C(=O)N(C)NC. The van der Waals surface area contributed by atoms with Gasteiger partial charge >= 0.3 is 0 Å². The highest BCUT2D eigenvalue weighted by Gasteiger charge is 2.32. The van der Waals surface area contributed by atoms with E-state index in [0.29, 0.717) is 12.8 Å². The second-order valence-corrected chi connectivity index (χ2v) is 8.00. The Balaban J connectivity index is 1.81. The first-order valence-corrected chi connectivity index (χ1v) is 10.8. The lowest BCUT2D eigenvalue weighted by Gasteiger charge is -2.33. The second-order valence-electron chi connectivity index (χ2n) is 8.00. The third-order valence-electron chi connectivity index (χ3n) is 5.94. The van der Waals surface area contributed by atoms with E-state index in [9.17, 15) is 9.59 Å². The third-order valence-corrected chi connectivity index (χ3v) is 5.94. The zero-order valence-electron chi connectivity index (χ0n) is 19.2. The number of likely N-dealkylation sites (N-methyl/N-ethyl adjacent to an activating group) is 3. The first kappa shape index (κ1) is 23.4. The Hall–Kier alpha value is -3.22. The van der Waals surface area contributed by atoms with Crippen LogP contribution in [0.25, 0.3) is 10.8 Å². The van der Waals surface area contributed by atoms with Gasteiger partial charge in [0, 0.05) is 27.6 Å². The van der Waals surface area contributed by atoms with Gasteiger partial charge in [-0.05, 0) is 35.4 Å². The topological polar surface area (TPSA) is 64.7 Å². The number of carbonyl (C=O) groups excluding carboxylic acids is 2. The molecule has 0 heterocycles. The van der Waals surface area contributed by atoms with Gasteiger partial charge in [-0.2, -0.15) is 0 Å². The lowest BCUT2D eigenvalue weighted by molar-refractivity contribution is -0.146. The molecular formula is C26H32N4O2. The summed E-state index contributed by atoms with van der Waals surface area (Å²) in [6.45, 7) is 0. The zero-order chi connectivity index (χ0) is 23.1. The van der Waals surface area contributed by atoms with Gasteiger partial charge in [-0.25, -0.2) is 5.43 Å². The number of nitrogens with one attached hydrogen (secondary N) is 2. The number of fused-ring (bicyclic) bond motifs is 1. The number of amides is 2. The van der Waals surface area contributed by atoms with Crippen molar-refractivity contribution in [1.29, 1.82) is 0 Å². The monoisotopic (exact) mass is 432 g/mol. The largest absolute Gasteiger partial charge is 0.332 e. The van der Waals surface area contributed by atoms with Gasteiger partial charge in [0.15, 0.2) is 0 Å². The van der Waals surface area contributed by atoms with Gasteiger partial charge in [0.25, 0.3) is 5.91 Å². The number of hydrogen-bond donors (Lipinski definition) is 2. The minimum Gasteiger partial charge on any atom is -0.332 e. The number of rotatable bonds is 9. The van der Waals surface area contributed by atoms with Crippen molar-refractivity contribution in [2.24, 2.45) is 0 Å². The molecule has 0 aliphatic carbocycles. The molecule has 0 bridgehead atoms. The summed E-state index contributed by atoms with van der Waals surface area (Å²) in [5, 5.41) is 6.89. The second kappa shape index (κ2) is 10.9. The molecule has 2 N–H and O–H groups in total. The molecule has 6 nitrogen and oxygen atoms in total. The van der Waals surface area contributed by atoms with E-state index in [-0.39, 0.29) is 11.8 Å². The average Bonchev–Trinajstić information content (AvgIpc) is 2.84. The normalized spacial score (nSPS) is 12.9. The van der Waals surface area contributed by atoms with Gasteiger partial charge in [-0.3, -0.25) is 14.6 Å². The molecule has 0 saturated carbocycles. The van der Waals surface area contributed by atoms with Crippen molar-refractivity contribution in [3.63, 3.8) is 0 Å². The van der Waals surface area contributed by atoms with Crippen LogP contribution in [0, 0.1) is 0 Å². The van der Waals surface area contributed by atoms with Crippen LogP contribution in [0.5, 0.6) is 0 Å². The summed E-state index contributed by atoms with van der Waals surface area (Å²) in [5.41, 5.74) is 4.93. The van der Waals surface area contributed by atoms with Crippen molar-refractivity contribution in [2.75, 3.05) is 28.2 Å². The average molecular weight is 433 g/mol. The predicted molar refractivity (Wildman–Crippen MR) is 129 cm³/mol. The van der Waals surface area contributed by atoms with Crippen molar-refractivity contribution >= 4 is 22.6 Å². The van der Waals surface area contributed by atoms with E-state index in [1.165, 1.54) is 10.4 Å². The first-order valence-electron chi connectivity index (χ1n) is 10.8. The highest BCUT2D eigenvalue weighted by Crippen LogP contribution is 2.18. The van der Waals surface area contributed by atoms with Crippen molar-refractivity contribution in [3.05, 3.63) is 83.9 Å². The van der Waals surface area contributed by atoms with Crippen LogP contribution in [-0.4, -0.2) is 62.0 Å². The maximum Gasteiger partial charge on any atom is 0.259 e. The van der Waals surface area contributed by atoms with E-state index in [1.807, 2.05) is 42.5 Å². The lowest BCUT2D eigenvalue weighted by atomic mass is 9.99. The molecule has 3 aromatic carbocycles. The molecule has 168 valence electrons. The van der Waals surface area contributed by atoms with E-state index < -0.39 is 12.1 Å². The van der Waals surface area contributed by atoms with Gasteiger partial charge in [-0.15, -0.1) is 0 Å². The Morgan fingerprint density at radius 1 is 0.781 bits per heavy atom. The molecule has 2 atom stereocenters. The van der Waals surface area contributed by atoms with Gasteiger partial charge < -0.3 is 10.2 Å². The molecule has 0 fully saturated rings. The summed E-state index contributed by atoms with van der Waals surface area (Å²) in [6.07, 6.45) is 0.985. The standard InChI is InChI=1S/C26H32N4O2/c1-27-23(17-20-14-15-21-12-8-9-13-22(21)16-20)25(31)29(3)24(26(32)30(4)28-2)18-19-10-6-5-7-11-19/h5-16,23-24,27-28H,17-18H2,1-4H3/t23-,24-/m1/s1. The molecule has 0 aliphatic heterocycles. The van der Waals surface area contributed by atoms with Gasteiger partial charge in [-0.1, -0.05) is 72.8 Å². The summed E-state index contributed by atoms with van der Waals surface area (Å²) in [7, 11) is 6.85. The summed E-state index contributed by atoms with van der Waals surface area (Å²) < 4.78 is 0. The Morgan fingerprint density at radius 2 is 1.44 bits per heavy atom. The smallest absolute Gasteiger partial charge is 0.259 e. The molecular weight excluding hydrogens is 400 g/mol. The van der Waals surface area contributed by atoms with Crippen LogP contribution in [0.4, 0.5) is 0 Å². The van der Waals surface area contributed by atoms with Gasteiger partial charge in [0.1, 0.15) is 6.04 Å². The van der Waals surface area contributed by atoms with Crippen LogP contribution in [0.3, 0.4) is 0 Å². The van der Waals surface area contributed by atoms with Crippen molar-refractivity contribution in [2.45, 2.75) is 24.9 Å². The van der Waals surface area contributed by atoms with Crippen molar-refractivity contribution < 1.29 is 9.59 Å². The number of benzene rings is 3. The predicted octanol–water partition coefficient (Wildman–Crippen LogP) is 2.63. The zero-order valence-corrected chi connectivity index (χ0v) is 19.2. The Morgan fingerprint density at radius 3 is 2.09 bits per heavy atom. The van der Waals surface area contributed by atoms with Crippen molar-refractivity contribution in [3.8, 4) is 0 Å². The van der Waals surface area contributed by atoms with Gasteiger partial charge in [0.2, 0.25) is 5.91 Å². The molecule has 0 saturated heterocycles. The van der Waals surface area contributed by atoms with Crippen LogP contribution in [-0.2, 0) is 22.4 Å². The molecule has 2 amide bonds. The number of hydrogen-bond acceptors (Lipinski definition) is 4. The molecule has 3 aromatic rings. The van der Waals surface area contributed by atoms with Gasteiger partial charge in [0.05, 0.1) is 6.04 Å². The van der Waals surface area contributed by atoms with E-state index in [1.54, 1.807) is 33.1 Å². The van der Waals surface area contributed by atoms with E-state index in [2.05, 4.69) is 41.1 Å². The fourth-order valence-electron chi connectivity index (χ4n) is 3.87. The quantitative estimate of drug-likeness (QED) is 0.510. The molecule has 0 radical (unpaired) electrons. The fraction of sp³-hybridized carbons (Fsp3) is 0.308. The molecule has 0 unspecified atom stereocenters. The number of carbonyl (C=O) groups is 2. The van der Waals surface area contributed by atoms with Crippen molar-refractivity contribution in [1.82, 2.24) is 20.7 Å². The van der Waals surface area contributed by atoms with Crippen LogP contribution in [0.15, 0.2) is 72.8 Å². The van der Waals surface area contributed by atoms with E-state index in [0.717, 1.165) is 16.5 Å². The third kappa shape index (κ3) is 5.52. The molecule has 0 aromatic heterocycles. The van der Waals surface area contributed by atoms with Crippen LogP contribution < -0.4 is 10.7 Å². The minimum absolute atomic E-state index is 0.112. The molecule has 3 rings (SSSR count). The Kier molecular flexibility index (Phi) is 7.98. The fourth-order valence-corrected chi connectivity index (χ4v) is 3.87. The Labute approximate surface area is 190 Å². The molecule has 0 aliphatic rings. The molecule has 0 spiro atoms. The van der Waals surface area contributed by atoms with Crippen LogP contribution >= 0.6 is 0 Å². The summed E-state index contributed by atoms with van der Waals surface area (Å²) >= 11 is 0. The highest BCUT2D eigenvalue weighted by atomic mass is 16.2. The van der Waals surface area contributed by atoms with Crippen LogP contribution in [0.2, 0.25) is 0 Å². The lowest BCUT2D eigenvalue weighted by Crippen LogP contribution is -2.56. The molecule has 6 heteroatoms. The number of nitrogens with zero attached hydrogens (tertiary/aromatic N) is 2. The highest BCUT2D eigenvalue weighted by molar-refractivity contribution is 5.90.